The van der Waals surface area contributed by atoms with E-state index in [9.17, 15) is 4.79 Å². The van der Waals surface area contributed by atoms with E-state index < -0.39 is 6.16 Å². The Hall–Kier alpha value is -0.380. The van der Waals surface area contributed by atoms with Crippen LogP contribution in [0.5, 0.6) is 0 Å². The van der Waals surface area contributed by atoms with Crippen molar-refractivity contribution in [3.63, 3.8) is 0 Å². The molecule has 0 saturated carbocycles. The lowest BCUT2D eigenvalue weighted by Crippen LogP contribution is -1.97. The van der Waals surface area contributed by atoms with Crippen molar-refractivity contribution in [2.24, 2.45) is 0 Å². The van der Waals surface area contributed by atoms with Crippen LogP contribution in [0.25, 0.3) is 0 Å². The van der Waals surface area contributed by atoms with E-state index in [1.54, 1.807) is 0 Å². The third-order valence-corrected chi connectivity index (χ3v) is 0.831. The van der Waals surface area contributed by atoms with Gasteiger partial charge < -0.3 is 9.47 Å². The standard InChI is InChI=1S/C3H4O3S/c4-3-5-1-2(7)6-3/h2,7H,1H2. The number of cyclic esters (lactones) is 2. The predicted molar refractivity (Wildman–Crippen MR) is 25.2 cm³/mol. The summed E-state index contributed by atoms with van der Waals surface area (Å²) in [6, 6.07) is 0. The zero-order valence-electron chi connectivity index (χ0n) is 3.46. The Kier molecular flexibility index (Phi) is 1.10. The van der Waals surface area contributed by atoms with Gasteiger partial charge in [-0.25, -0.2) is 4.79 Å². The van der Waals surface area contributed by atoms with Crippen molar-refractivity contribution < 1.29 is 14.3 Å². The minimum absolute atomic E-state index is 0.266. The van der Waals surface area contributed by atoms with Crippen LogP contribution in [0.4, 0.5) is 4.79 Å². The molecule has 0 bridgehead atoms. The van der Waals surface area contributed by atoms with E-state index in [2.05, 4.69) is 22.1 Å². The molecule has 1 saturated heterocycles. The molecule has 1 aliphatic rings. The summed E-state index contributed by atoms with van der Waals surface area (Å²) in [7, 11) is 0. The van der Waals surface area contributed by atoms with E-state index in [1.165, 1.54) is 0 Å². The Morgan fingerprint density at radius 1 is 1.86 bits per heavy atom. The second-order valence-corrected chi connectivity index (χ2v) is 1.71. The van der Waals surface area contributed by atoms with E-state index in [0.717, 1.165) is 0 Å². The van der Waals surface area contributed by atoms with Gasteiger partial charge >= 0.3 is 6.16 Å². The van der Waals surface area contributed by atoms with Gasteiger partial charge in [0.25, 0.3) is 0 Å². The Bertz CT molecular complexity index is 92.2. The number of carbonyl (C=O) groups excluding carboxylic acids is 1. The maximum absolute atomic E-state index is 9.96. The molecule has 0 amide bonds. The van der Waals surface area contributed by atoms with Crippen LogP contribution in [0.2, 0.25) is 0 Å². The Labute approximate surface area is 46.0 Å². The molecule has 0 N–H and O–H groups in total. The molecule has 0 spiro atoms. The van der Waals surface area contributed by atoms with Gasteiger partial charge in [-0.3, -0.25) is 0 Å². The lowest BCUT2D eigenvalue weighted by molar-refractivity contribution is 0.129. The fourth-order valence-electron chi connectivity index (χ4n) is 0.318. The topological polar surface area (TPSA) is 35.5 Å². The maximum Gasteiger partial charge on any atom is 0.509 e. The summed E-state index contributed by atoms with van der Waals surface area (Å²) < 4.78 is 8.69. The molecule has 0 aromatic heterocycles. The van der Waals surface area contributed by atoms with Gasteiger partial charge in [0.05, 0.1) is 0 Å². The average Bonchev–Trinajstić information content (AvgIpc) is 1.87. The van der Waals surface area contributed by atoms with Crippen molar-refractivity contribution >= 4 is 18.8 Å². The minimum Gasteiger partial charge on any atom is -0.429 e. The first-order valence-electron chi connectivity index (χ1n) is 1.80. The van der Waals surface area contributed by atoms with Gasteiger partial charge in [0.2, 0.25) is 0 Å². The van der Waals surface area contributed by atoms with E-state index in [4.69, 9.17) is 0 Å². The SMILES string of the molecule is O=C1OCC(S)O1. The smallest absolute Gasteiger partial charge is 0.429 e. The summed E-state index contributed by atoms with van der Waals surface area (Å²) in [6.45, 7) is 0.266. The molecule has 7 heavy (non-hydrogen) atoms. The minimum atomic E-state index is -0.625. The van der Waals surface area contributed by atoms with Crippen molar-refractivity contribution in [1.29, 1.82) is 0 Å². The van der Waals surface area contributed by atoms with Gasteiger partial charge in [0.15, 0.2) is 5.44 Å². The number of ether oxygens (including phenoxy) is 2. The Balaban J connectivity index is 2.40. The van der Waals surface area contributed by atoms with E-state index in [-0.39, 0.29) is 12.0 Å². The number of hydrogen-bond donors (Lipinski definition) is 1. The fraction of sp³-hybridized carbons (Fsp3) is 0.667. The van der Waals surface area contributed by atoms with Crippen LogP contribution in [-0.4, -0.2) is 18.2 Å². The highest BCUT2D eigenvalue weighted by atomic mass is 32.1. The average molecular weight is 120 g/mol. The number of carbonyl (C=O) groups is 1. The van der Waals surface area contributed by atoms with Crippen LogP contribution < -0.4 is 0 Å². The molecule has 1 fully saturated rings. The second-order valence-electron chi connectivity index (χ2n) is 1.13. The zero-order chi connectivity index (χ0) is 5.28. The van der Waals surface area contributed by atoms with Gasteiger partial charge in [-0.1, -0.05) is 0 Å². The molecular formula is C3H4O3S. The van der Waals surface area contributed by atoms with Crippen molar-refractivity contribution in [3.05, 3.63) is 0 Å². The summed E-state index contributed by atoms with van der Waals surface area (Å²) in [5.74, 6) is 0. The van der Waals surface area contributed by atoms with E-state index in [0.29, 0.717) is 0 Å². The molecule has 1 atom stereocenters. The highest BCUT2D eigenvalue weighted by Gasteiger charge is 2.20. The Morgan fingerprint density at radius 3 is 2.71 bits per heavy atom. The molecular weight excluding hydrogens is 116 g/mol. The monoisotopic (exact) mass is 120 g/mol. The van der Waals surface area contributed by atoms with Crippen LogP contribution in [0.15, 0.2) is 0 Å². The predicted octanol–water partition coefficient (Wildman–Crippen LogP) is 0.409. The molecule has 40 valence electrons. The largest absolute Gasteiger partial charge is 0.509 e. The van der Waals surface area contributed by atoms with E-state index in [1.807, 2.05) is 0 Å². The summed E-state index contributed by atoms with van der Waals surface area (Å²) in [4.78, 5) is 9.96. The van der Waals surface area contributed by atoms with Crippen molar-refractivity contribution in [2.75, 3.05) is 6.61 Å². The highest BCUT2D eigenvalue weighted by Crippen LogP contribution is 2.07. The van der Waals surface area contributed by atoms with Crippen LogP contribution in [0, 0.1) is 0 Å². The molecule has 1 unspecified atom stereocenters. The van der Waals surface area contributed by atoms with Gasteiger partial charge in [-0.2, -0.15) is 0 Å². The molecule has 3 nitrogen and oxygen atoms in total. The van der Waals surface area contributed by atoms with Crippen molar-refractivity contribution in [3.8, 4) is 0 Å². The first-order valence-corrected chi connectivity index (χ1v) is 2.32. The van der Waals surface area contributed by atoms with Gasteiger partial charge in [-0.05, 0) is 0 Å². The molecule has 1 aliphatic heterocycles. The highest BCUT2D eigenvalue weighted by molar-refractivity contribution is 7.80. The fourth-order valence-corrected chi connectivity index (χ4v) is 0.479. The summed E-state index contributed by atoms with van der Waals surface area (Å²) in [5.41, 5.74) is -0.354. The third kappa shape index (κ3) is 0.991. The molecule has 4 heteroatoms. The molecule has 0 aliphatic carbocycles. The number of rotatable bonds is 0. The lowest BCUT2D eigenvalue weighted by atomic mass is 10.8. The Morgan fingerprint density at radius 2 is 2.57 bits per heavy atom. The van der Waals surface area contributed by atoms with Gasteiger partial charge in [-0.15, -0.1) is 12.6 Å². The van der Waals surface area contributed by atoms with Gasteiger partial charge in [0.1, 0.15) is 6.61 Å². The molecule has 1 rings (SSSR count). The summed E-state index contributed by atoms with van der Waals surface area (Å²) in [6.07, 6.45) is -0.625. The summed E-state index contributed by atoms with van der Waals surface area (Å²) in [5, 5.41) is 0. The van der Waals surface area contributed by atoms with Crippen molar-refractivity contribution in [1.82, 2.24) is 0 Å². The van der Waals surface area contributed by atoms with E-state index >= 15 is 0 Å². The number of thiol groups is 1. The van der Waals surface area contributed by atoms with Crippen LogP contribution in [0.3, 0.4) is 0 Å². The summed E-state index contributed by atoms with van der Waals surface area (Å²) >= 11 is 3.78. The van der Waals surface area contributed by atoms with Gasteiger partial charge in [0, 0.05) is 0 Å². The molecule has 0 aromatic carbocycles. The van der Waals surface area contributed by atoms with Crippen molar-refractivity contribution in [2.45, 2.75) is 5.44 Å². The zero-order valence-corrected chi connectivity index (χ0v) is 4.35. The first-order chi connectivity index (χ1) is 3.29. The molecule has 0 aromatic rings. The quantitative estimate of drug-likeness (QED) is 0.371. The molecule has 1 heterocycles. The van der Waals surface area contributed by atoms with Crippen LogP contribution in [-0.2, 0) is 9.47 Å². The molecule has 0 radical (unpaired) electrons. The number of hydrogen-bond acceptors (Lipinski definition) is 4. The maximum atomic E-state index is 9.96. The lowest BCUT2D eigenvalue weighted by Gasteiger charge is -1.89. The van der Waals surface area contributed by atoms with Crippen LogP contribution in [0.1, 0.15) is 0 Å². The van der Waals surface area contributed by atoms with Crippen LogP contribution >= 0.6 is 12.6 Å². The normalized spacial score (nSPS) is 29.3. The first kappa shape index (κ1) is 4.77. The third-order valence-electron chi connectivity index (χ3n) is 0.576. The second kappa shape index (κ2) is 1.61.